The van der Waals surface area contributed by atoms with Crippen molar-refractivity contribution in [2.75, 3.05) is 24.5 Å². The molecule has 200 valence electrons. The van der Waals surface area contributed by atoms with Crippen LogP contribution in [0.1, 0.15) is 27.9 Å². The molecular formula is C32H30ClFN2O3. The first kappa shape index (κ1) is 26.7. The van der Waals surface area contributed by atoms with Crippen LogP contribution in [0, 0.1) is 11.7 Å². The van der Waals surface area contributed by atoms with Gasteiger partial charge in [-0.15, -0.1) is 0 Å². The van der Waals surface area contributed by atoms with Gasteiger partial charge in [-0.05, 0) is 103 Å². The van der Waals surface area contributed by atoms with Gasteiger partial charge in [0.15, 0.2) is 0 Å². The van der Waals surface area contributed by atoms with Gasteiger partial charge >= 0.3 is 5.97 Å². The highest BCUT2D eigenvalue weighted by molar-refractivity contribution is 6.30. The predicted molar refractivity (Wildman–Crippen MR) is 152 cm³/mol. The van der Waals surface area contributed by atoms with E-state index in [0.29, 0.717) is 23.0 Å². The summed E-state index contributed by atoms with van der Waals surface area (Å²) < 4.78 is 19.5. The first-order valence-electron chi connectivity index (χ1n) is 13.0. The molecule has 1 saturated heterocycles. The highest BCUT2D eigenvalue weighted by atomic mass is 35.5. The fourth-order valence-electron chi connectivity index (χ4n) is 4.96. The van der Waals surface area contributed by atoms with Gasteiger partial charge in [0.25, 0.3) is 0 Å². The van der Waals surface area contributed by atoms with Crippen LogP contribution in [-0.2, 0) is 13.1 Å². The van der Waals surface area contributed by atoms with Crippen molar-refractivity contribution in [2.45, 2.75) is 19.5 Å². The maximum absolute atomic E-state index is 13.5. The largest absolute Gasteiger partial charge is 0.478 e. The van der Waals surface area contributed by atoms with Crippen LogP contribution in [-0.4, -0.2) is 35.6 Å². The molecule has 0 saturated carbocycles. The van der Waals surface area contributed by atoms with Crippen LogP contribution in [0.25, 0.3) is 0 Å². The van der Waals surface area contributed by atoms with E-state index in [1.807, 2.05) is 48.5 Å². The third-order valence-corrected chi connectivity index (χ3v) is 7.25. The number of carbonyl (C=O) groups is 1. The number of carboxylic acid groups (broad SMARTS) is 1. The third kappa shape index (κ3) is 7.37. The third-order valence-electron chi connectivity index (χ3n) is 6.99. The van der Waals surface area contributed by atoms with E-state index in [1.54, 1.807) is 24.3 Å². The molecule has 0 bridgehead atoms. The van der Waals surface area contributed by atoms with Crippen molar-refractivity contribution in [3.05, 3.63) is 125 Å². The Morgan fingerprint density at radius 1 is 0.897 bits per heavy atom. The fraction of sp³-hybridized carbons (Fsp3) is 0.219. The van der Waals surface area contributed by atoms with E-state index in [9.17, 15) is 9.18 Å². The van der Waals surface area contributed by atoms with Crippen LogP contribution >= 0.6 is 11.6 Å². The minimum absolute atomic E-state index is 0.239. The van der Waals surface area contributed by atoms with Gasteiger partial charge < -0.3 is 14.7 Å². The Hall–Kier alpha value is -3.87. The Morgan fingerprint density at radius 3 is 2.15 bits per heavy atom. The van der Waals surface area contributed by atoms with Crippen molar-refractivity contribution in [1.82, 2.24) is 4.90 Å². The molecule has 39 heavy (non-hydrogen) atoms. The van der Waals surface area contributed by atoms with Crippen LogP contribution in [0.3, 0.4) is 0 Å². The smallest absolute Gasteiger partial charge is 0.335 e. The number of benzene rings is 4. The topological polar surface area (TPSA) is 53.0 Å². The number of rotatable bonds is 10. The maximum atomic E-state index is 13.5. The molecule has 0 aromatic heterocycles. The van der Waals surface area contributed by atoms with Crippen LogP contribution in [0.4, 0.5) is 10.1 Å². The van der Waals surface area contributed by atoms with Gasteiger partial charge in [0.2, 0.25) is 0 Å². The van der Waals surface area contributed by atoms with Crippen molar-refractivity contribution in [2.24, 2.45) is 5.92 Å². The number of hydrogen-bond acceptors (Lipinski definition) is 4. The van der Waals surface area contributed by atoms with Crippen LogP contribution in [0.15, 0.2) is 97.1 Å². The van der Waals surface area contributed by atoms with Gasteiger partial charge in [-0.25, -0.2) is 9.18 Å². The Balaban J connectivity index is 1.26. The highest BCUT2D eigenvalue weighted by Gasteiger charge is 2.25. The van der Waals surface area contributed by atoms with Crippen molar-refractivity contribution < 1.29 is 19.0 Å². The molecule has 1 atom stereocenters. The second-order valence-corrected chi connectivity index (χ2v) is 10.4. The minimum Gasteiger partial charge on any atom is -0.478 e. The molecule has 5 nitrogen and oxygen atoms in total. The zero-order valence-electron chi connectivity index (χ0n) is 21.5. The molecule has 0 amide bonds. The van der Waals surface area contributed by atoms with Crippen LogP contribution in [0.5, 0.6) is 11.5 Å². The molecule has 1 aliphatic heterocycles. The fourth-order valence-corrected chi connectivity index (χ4v) is 5.09. The molecule has 0 radical (unpaired) electrons. The van der Waals surface area contributed by atoms with Gasteiger partial charge in [-0.2, -0.15) is 0 Å². The van der Waals surface area contributed by atoms with Crippen molar-refractivity contribution in [3.63, 3.8) is 0 Å². The summed E-state index contributed by atoms with van der Waals surface area (Å²) in [6.45, 7) is 4.28. The minimum atomic E-state index is -0.909. The summed E-state index contributed by atoms with van der Waals surface area (Å²) in [6, 6.07) is 29.1. The Labute approximate surface area is 233 Å². The van der Waals surface area contributed by atoms with Gasteiger partial charge in [0.05, 0.1) is 5.56 Å². The lowest BCUT2D eigenvalue weighted by Gasteiger charge is -2.28. The molecule has 0 spiro atoms. The zero-order valence-corrected chi connectivity index (χ0v) is 22.2. The van der Waals surface area contributed by atoms with E-state index in [2.05, 4.69) is 21.9 Å². The molecule has 4 aromatic rings. The first-order chi connectivity index (χ1) is 18.9. The van der Waals surface area contributed by atoms with E-state index < -0.39 is 5.97 Å². The zero-order chi connectivity index (χ0) is 27.2. The Morgan fingerprint density at radius 2 is 1.51 bits per heavy atom. The summed E-state index contributed by atoms with van der Waals surface area (Å²) in [5, 5.41) is 9.80. The van der Waals surface area contributed by atoms with E-state index in [4.69, 9.17) is 21.4 Å². The summed E-state index contributed by atoms with van der Waals surface area (Å²) in [4.78, 5) is 15.9. The van der Waals surface area contributed by atoms with Crippen molar-refractivity contribution in [3.8, 4) is 11.5 Å². The van der Waals surface area contributed by atoms with Crippen LogP contribution in [0.2, 0.25) is 5.02 Å². The molecule has 1 heterocycles. The quantitative estimate of drug-likeness (QED) is 0.224. The number of hydrogen-bond donors (Lipinski definition) is 1. The lowest BCUT2D eigenvalue weighted by Crippen LogP contribution is -2.31. The second kappa shape index (κ2) is 12.3. The van der Waals surface area contributed by atoms with E-state index >= 15 is 0 Å². The van der Waals surface area contributed by atoms with Gasteiger partial charge in [-0.1, -0.05) is 35.9 Å². The first-order valence-corrected chi connectivity index (χ1v) is 13.4. The van der Waals surface area contributed by atoms with Crippen LogP contribution < -0.4 is 9.64 Å². The molecule has 0 aliphatic carbocycles. The van der Waals surface area contributed by atoms with Crippen molar-refractivity contribution in [1.29, 1.82) is 0 Å². The Kier molecular flexibility index (Phi) is 8.45. The molecule has 1 aliphatic rings. The number of anilines is 1. The summed E-state index contributed by atoms with van der Waals surface area (Å²) in [7, 11) is 0. The summed E-state index contributed by atoms with van der Waals surface area (Å²) in [5.41, 5.74) is 3.54. The summed E-state index contributed by atoms with van der Waals surface area (Å²) in [6.07, 6.45) is 1.07. The molecule has 1 unspecified atom stereocenters. The highest BCUT2D eigenvalue weighted by Crippen LogP contribution is 2.28. The second-order valence-electron chi connectivity index (χ2n) is 9.95. The summed E-state index contributed by atoms with van der Waals surface area (Å²) >= 11 is 5.98. The predicted octanol–water partition coefficient (Wildman–Crippen LogP) is 7.50. The SMILES string of the molecule is O=C(O)c1ccc(CN2CCC(CN(Cc3ccc(F)cc3)c3ccc(Oc4ccc(Cl)cc4)cc3)C2)cc1. The molecule has 7 heteroatoms. The van der Waals surface area contributed by atoms with E-state index in [1.165, 1.54) is 12.1 Å². The standard InChI is InChI=1S/C32H30ClFN2O3/c33-27-7-13-30(14-8-27)39-31-15-11-29(12-16-31)36(21-24-3-9-28(34)10-4-24)22-25-17-18-35(20-25)19-23-1-5-26(6-2-23)32(37)38/h1-16,25H,17-22H2,(H,37,38). The van der Waals surface area contributed by atoms with Crippen molar-refractivity contribution >= 4 is 23.3 Å². The number of likely N-dealkylation sites (tertiary alicyclic amines) is 1. The molecule has 4 aromatic carbocycles. The molecule has 5 rings (SSSR count). The average Bonchev–Trinajstić information content (AvgIpc) is 3.38. The number of halogens is 2. The maximum Gasteiger partial charge on any atom is 0.335 e. The normalized spacial score (nSPS) is 15.3. The molecule has 1 N–H and O–H groups in total. The van der Waals surface area contributed by atoms with Gasteiger partial charge in [-0.3, -0.25) is 4.90 Å². The number of aromatic carboxylic acids is 1. The number of carboxylic acids is 1. The lowest BCUT2D eigenvalue weighted by molar-refractivity contribution is 0.0697. The average molecular weight is 545 g/mol. The van der Waals surface area contributed by atoms with E-state index in [0.717, 1.165) is 60.9 Å². The lowest BCUT2D eigenvalue weighted by atomic mass is 10.1. The van der Waals surface area contributed by atoms with Gasteiger partial charge in [0, 0.05) is 36.9 Å². The summed E-state index contributed by atoms with van der Waals surface area (Å²) in [5.74, 6) is 0.780. The van der Waals surface area contributed by atoms with Gasteiger partial charge in [0.1, 0.15) is 17.3 Å². The number of ether oxygens (including phenoxy) is 1. The monoisotopic (exact) mass is 544 g/mol. The molecular weight excluding hydrogens is 515 g/mol. The Bertz CT molecular complexity index is 1380. The van der Waals surface area contributed by atoms with E-state index in [-0.39, 0.29) is 5.82 Å². The number of nitrogens with zero attached hydrogens (tertiary/aromatic N) is 2. The molecule has 1 fully saturated rings.